The summed E-state index contributed by atoms with van der Waals surface area (Å²) in [5, 5.41) is 9.48. The van der Waals surface area contributed by atoms with Gasteiger partial charge in [0.15, 0.2) is 0 Å². The van der Waals surface area contributed by atoms with Crippen LogP contribution in [0.5, 0.6) is 0 Å². The Bertz CT molecular complexity index is 638. The van der Waals surface area contributed by atoms with Gasteiger partial charge in [0.1, 0.15) is 19.8 Å². The SMILES string of the molecule is C=CC(=O)OCC(CO)(COC(=O)C=C)COC(=O)C=C.C=CC(=O)OCCCCCCCCCC. The Morgan fingerprint density at radius 3 is 1.28 bits per heavy atom. The van der Waals surface area contributed by atoms with Crippen molar-refractivity contribution in [2.75, 3.05) is 33.0 Å². The third-order valence-corrected chi connectivity index (χ3v) is 4.81. The molecule has 0 heterocycles. The molecular formula is C27H42O9. The Balaban J connectivity index is 0. The fourth-order valence-electron chi connectivity index (χ4n) is 2.58. The molecule has 204 valence electrons. The number of hydrogen-bond donors (Lipinski definition) is 1. The maximum absolute atomic E-state index is 11.1. The predicted octanol–water partition coefficient (Wildman–Crippen LogP) is 4.01. The molecule has 0 fully saturated rings. The van der Waals surface area contributed by atoms with Crippen LogP contribution in [0.15, 0.2) is 50.6 Å². The van der Waals surface area contributed by atoms with Crippen molar-refractivity contribution in [3.8, 4) is 0 Å². The van der Waals surface area contributed by atoms with Crippen LogP contribution in [0.4, 0.5) is 0 Å². The zero-order chi connectivity index (χ0) is 27.7. The summed E-state index contributed by atoms with van der Waals surface area (Å²) in [4.78, 5) is 44.0. The van der Waals surface area contributed by atoms with Gasteiger partial charge in [0.2, 0.25) is 0 Å². The number of ether oxygens (including phenoxy) is 4. The Morgan fingerprint density at radius 1 is 0.611 bits per heavy atom. The molecule has 36 heavy (non-hydrogen) atoms. The van der Waals surface area contributed by atoms with Crippen LogP contribution < -0.4 is 0 Å². The summed E-state index contributed by atoms with van der Waals surface area (Å²) in [6.07, 6.45) is 14.1. The van der Waals surface area contributed by atoms with Crippen molar-refractivity contribution in [3.05, 3.63) is 50.6 Å². The van der Waals surface area contributed by atoms with Crippen LogP contribution in [0.25, 0.3) is 0 Å². The molecule has 0 spiro atoms. The van der Waals surface area contributed by atoms with Gasteiger partial charge in [-0.15, -0.1) is 0 Å². The van der Waals surface area contributed by atoms with Gasteiger partial charge in [-0.1, -0.05) is 78.2 Å². The molecule has 1 N–H and O–H groups in total. The molecule has 9 heteroatoms. The highest BCUT2D eigenvalue weighted by molar-refractivity contribution is 5.82. The second-order valence-corrected chi connectivity index (χ2v) is 7.94. The minimum absolute atomic E-state index is 0.307. The van der Waals surface area contributed by atoms with Crippen molar-refractivity contribution in [1.82, 2.24) is 0 Å². The molecule has 0 saturated heterocycles. The summed E-state index contributed by atoms with van der Waals surface area (Å²) in [5.74, 6) is -2.48. The van der Waals surface area contributed by atoms with Gasteiger partial charge in [-0.2, -0.15) is 0 Å². The maximum atomic E-state index is 11.1. The van der Waals surface area contributed by atoms with Crippen molar-refractivity contribution in [3.63, 3.8) is 0 Å². The van der Waals surface area contributed by atoms with E-state index in [1.807, 2.05) is 0 Å². The predicted molar refractivity (Wildman–Crippen MR) is 137 cm³/mol. The number of aliphatic hydroxyl groups excluding tert-OH is 1. The first kappa shape index (κ1) is 35.0. The molecule has 0 aromatic heterocycles. The van der Waals surface area contributed by atoms with Crippen LogP contribution in [-0.4, -0.2) is 62.0 Å². The Labute approximate surface area is 214 Å². The van der Waals surface area contributed by atoms with Crippen molar-refractivity contribution in [2.45, 2.75) is 58.3 Å². The molecule has 0 aliphatic carbocycles. The maximum Gasteiger partial charge on any atom is 0.330 e. The van der Waals surface area contributed by atoms with E-state index in [1.165, 1.54) is 44.6 Å². The molecule has 0 saturated carbocycles. The zero-order valence-electron chi connectivity index (χ0n) is 21.5. The highest BCUT2D eigenvalue weighted by Gasteiger charge is 2.35. The van der Waals surface area contributed by atoms with Crippen LogP contribution in [0, 0.1) is 5.41 Å². The van der Waals surface area contributed by atoms with E-state index in [0.29, 0.717) is 6.61 Å². The van der Waals surface area contributed by atoms with Gasteiger partial charge in [0.05, 0.1) is 18.6 Å². The Kier molecular flexibility index (Phi) is 22.9. The van der Waals surface area contributed by atoms with E-state index in [1.54, 1.807) is 0 Å². The van der Waals surface area contributed by atoms with Crippen molar-refractivity contribution >= 4 is 23.9 Å². The molecule has 0 unspecified atom stereocenters. The smallest absolute Gasteiger partial charge is 0.330 e. The minimum Gasteiger partial charge on any atom is -0.463 e. The fraction of sp³-hybridized carbons (Fsp3) is 0.556. The normalized spacial score (nSPS) is 10.1. The van der Waals surface area contributed by atoms with Crippen molar-refractivity contribution in [1.29, 1.82) is 0 Å². The molecule has 0 aliphatic rings. The van der Waals surface area contributed by atoms with Crippen LogP contribution in [-0.2, 0) is 38.1 Å². The quantitative estimate of drug-likeness (QED) is 0.112. The van der Waals surface area contributed by atoms with Crippen molar-refractivity contribution < 1.29 is 43.2 Å². The molecule has 0 aliphatic heterocycles. The fourth-order valence-corrected chi connectivity index (χ4v) is 2.58. The number of carbonyl (C=O) groups is 4. The van der Waals surface area contributed by atoms with Gasteiger partial charge >= 0.3 is 23.9 Å². The number of unbranched alkanes of at least 4 members (excludes halogenated alkanes) is 7. The summed E-state index contributed by atoms with van der Waals surface area (Å²) in [6, 6.07) is 0. The topological polar surface area (TPSA) is 125 Å². The van der Waals surface area contributed by atoms with E-state index in [9.17, 15) is 24.3 Å². The third kappa shape index (κ3) is 20.2. The zero-order valence-corrected chi connectivity index (χ0v) is 21.5. The molecule has 0 bridgehead atoms. The standard InChI is InChI=1S/C14H18O7.C13H24O2/c1-4-11(16)19-8-14(7-15,9-20-12(17)5-2)10-21-13(18)6-3;1-3-5-6-7-8-9-10-11-12-15-13(14)4-2/h4-6,15H,1-3,7-10H2;4H,2-3,5-12H2,1H3. The third-order valence-electron chi connectivity index (χ3n) is 4.81. The Morgan fingerprint density at radius 2 is 0.944 bits per heavy atom. The molecule has 9 nitrogen and oxygen atoms in total. The van der Waals surface area contributed by atoms with Crippen LogP contribution in [0.2, 0.25) is 0 Å². The average molecular weight is 511 g/mol. The lowest BCUT2D eigenvalue weighted by Crippen LogP contribution is -2.42. The molecule has 0 aromatic carbocycles. The molecular weight excluding hydrogens is 468 g/mol. The van der Waals surface area contributed by atoms with E-state index < -0.39 is 29.9 Å². The highest BCUT2D eigenvalue weighted by atomic mass is 16.6. The highest BCUT2D eigenvalue weighted by Crippen LogP contribution is 2.19. The first-order chi connectivity index (χ1) is 17.2. The first-order valence-corrected chi connectivity index (χ1v) is 12.0. The van der Waals surface area contributed by atoms with E-state index >= 15 is 0 Å². The molecule has 0 atom stereocenters. The second kappa shape index (κ2) is 23.5. The van der Waals surface area contributed by atoms with Crippen LogP contribution in [0.3, 0.4) is 0 Å². The first-order valence-electron chi connectivity index (χ1n) is 12.0. The average Bonchev–Trinajstić information content (AvgIpc) is 2.91. The van der Waals surface area contributed by atoms with Crippen LogP contribution in [0.1, 0.15) is 58.3 Å². The molecule has 0 aromatic rings. The lowest BCUT2D eigenvalue weighted by molar-refractivity contribution is -0.159. The monoisotopic (exact) mass is 510 g/mol. The largest absolute Gasteiger partial charge is 0.463 e. The van der Waals surface area contributed by atoms with Gasteiger partial charge in [0, 0.05) is 24.3 Å². The number of esters is 4. The van der Waals surface area contributed by atoms with Gasteiger partial charge in [-0.05, 0) is 6.42 Å². The lowest BCUT2D eigenvalue weighted by Gasteiger charge is -2.29. The van der Waals surface area contributed by atoms with Gasteiger partial charge in [-0.3, -0.25) is 0 Å². The van der Waals surface area contributed by atoms with E-state index in [0.717, 1.165) is 31.1 Å². The summed E-state index contributed by atoms with van der Waals surface area (Å²) < 4.78 is 19.4. The minimum atomic E-state index is -1.28. The van der Waals surface area contributed by atoms with E-state index in [-0.39, 0.29) is 25.8 Å². The van der Waals surface area contributed by atoms with E-state index in [2.05, 4.69) is 33.2 Å². The number of carbonyl (C=O) groups excluding carboxylic acids is 4. The summed E-state index contributed by atoms with van der Waals surface area (Å²) in [5.41, 5.74) is -1.28. The van der Waals surface area contributed by atoms with Gasteiger partial charge < -0.3 is 24.1 Å². The number of hydrogen-bond acceptors (Lipinski definition) is 9. The summed E-state index contributed by atoms with van der Waals surface area (Å²) in [7, 11) is 0. The molecule has 0 rings (SSSR count). The van der Waals surface area contributed by atoms with Crippen LogP contribution >= 0.6 is 0 Å². The number of rotatable bonds is 20. The van der Waals surface area contributed by atoms with E-state index in [4.69, 9.17) is 18.9 Å². The molecule has 0 radical (unpaired) electrons. The Hall–Kier alpha value is -3.20. The van der Waals surface area contributed by atoms with Crippen molar-refractivity contribution in [2.24, 2.45) is 5.41 Å². The number of aliphatic hydroxyl groups is 1. The van der Waals surface area contributed by atoms with Gasteiger partial charge in [0.25, 0.3) is 0 Å². The lowest BCUT2D eigenvalue weighted by atomic mass is 9.92. The van der Waals surface area contributed by atoms with Gasteiger partial charge in [-0.25, -0.2) is 19.2 Å². The molecule has 0 amide bonds. The second-order valence-electron chi connectivity index (χ2n) is 7.94. The summed E-state index contributed by atoms with van der Waals surface area (Å²) in [6.45, 7) is 14.3. The summed E-state index contributed by atoms with van der Waals surface area (Å²) >= 11 is 0.